The van der Waals surface area contributed by atoms with Gasteiger partial charge in [0.1, 0.15) is 0 Å². The lowest BCUT2D eigenvalue weighted by atomic mass is 10.2. The largest absolute Gasteiger partial charge is 0.396 e. The lowest BCUT2D eigenvalue weighted by Gasteiger charge is -2.21. The highest BCUT2D eigenvalue weighted by Gasteiger charge is 2.12. The monoisotopic (exact) mass is 221 g/mol. The highest BCUT2D eigenvalue weighted by molar-refractivity contribution is 5.93. The molecule has 1 amide bonds. The summed E-state index contributed by atoms with van der Waals surface area (Å²) in [6, 6.07) is 7.90. The molecule has 88 valence electrons. The van der Waals surface area contributed by atoms with E-state index in [0.29, 0.717) is 19.4 Å². The molecular weight excluding hydrogens is 202 g/mol. The van der Waals surface area contributed by atoms with Crippen LogP contribution in [0.2, 0.25) is 0 Å². The number of aryl methyl sites for hydroxylation is 1. The molecule has 3 nitrogen and oxygen atoms in total. The molecule has 0 radical (unpaired) electrons. The van der Waals surface area contributed by atoms with E-state index in [1.165, 1.54) is 5.56 Å². The Morgan fingerprint density at radius 1 is 1.31 bits per heavy atom. The maximum Gasteiger partial charge on any atom is 0.227 e. The highest BCUT2D eigenvalue weighted by atomic mass is 16.3. The number of carbonyl (C=O) groups is 1. The molecular formula is C13H19NO2. The molecule has 1 rings (SSSR count). The van der Waals surface area contributed by atoms with Crippen LogP contribution >= 0.6 is 0 Å². The first-order valence-corrected chi connectivity index (χ1v) is 5.67. The number of anilines is 1. The number of carbonyl (C=O) groups excluding carboxylic acids is 1. The van der Waals surface area contributed by atoms with Crippen LogP contribution in [0.15, 0.2) is 24.3 Å². The molecule has 0 aliphatic heterocycles. The fourth-order valence-electron chi connectivity index (χ4n) is 1.59. The zero-order chi connectivity index (χ0) is 12.0. The molecule has 1 N–H and O–H groups in total. The van der Waals surface area contributed by atoms with Gasteiger partial charge >= 0.3 is 0 Å². The van der Waals surface area contributed by atoms with Gasteiger partial charge in [0.25, 0.3) is 0 Å². The second-order valence-corrected chi connectivity index (χ2v) is 3.80. The van der Waals surface area contributed by atoms with Crippen LogP contribution in [0.5, 0.6) is 0 Å². The van der Waals surface area contributed by atoms with Gasteiger partial charge in [-0.05, 0) is 32.4 Å². The number of rotatable bonds is 5. The van der Waals surface area contributed by atoms with E-state index in [2.05, 4.69) is 0 Å². The van der Waals surface area contributed by atoms with E-state index in [-0.39, 0.29) is 12.5 Å². The van der Waals surface area contributed by atoms with Gasteiger partial charge in [-0.2, -0.15) is 0 Å². The summed E-state index contributed by atoms with van der Waals surface area (Å²) in [6.07, 6.45) is 0.930. The van der Waals surface area contributed by atoms with Crippen molar-refractivity contribution in [3.63, 3.8) is 0 Å². The van der Waals surface area contributed by atoms with Crippen molar-refractivity contribution in [3.05, 3.63) is 29.8 Å². The lowest BCUT2D eigenvalue weighted by molar-refractivity contribution is -0.118. The molecule has 0 bridgehead atoms. The van der Waals surface area contributed by atoms with Crippen LogP contribution in [0.25, 0.3) is 0 Å². The van der Waals surface area contributed by atoms with E-state index < -0.39 is 0 Å². The molecule has 0 atom stereocenters. The Bertz CT molecular complexity index is 332. The summed E-state index contributed by atoms with van der Waals surface area (Å²) in [4.78, 5) is 13.6. The van der Waals surface area contributed by atoms with Gasteiger partial charge in [-0.3, -0.25) is 4.79 Å². The van der Waals surface area contributed by atoms with Crippen molar-refractivity contribution in [1.29, 1.82) is 0 Å². The smallest absolute Gasteiger partial charge is 0.227 e. The van der Waals surface area contributed by atoms with Crippen LogP contribution in [0.1, 0.15) is 25.3 Å². The van der Waals surface area contributed by atoms with E-state index in [0.717, 1.165) is 5.69 Å². The van der Waals surface area contributed by atoms with Gasteiger partial charge in [0.05, 0.1) is 0 Å². The number of nitrogens with zero attached hydrogens (tertiary/aromatic N) is 1. The van der Waals surface area contributed by atoms with Gasteiger partial charge in [0, 0.05) is 25.3 Å². The lowest BCUT2D eigenvalue weighted by Crippen LogP contribution is -2.30. The number of benzene rings is 1. The molecule has 0 aliphatic carbocycles. The summed E-state index contributed by atoms with van der Waals surface area (Å²) in [5, 5.41) is 8.71. The van der Waals surface area contributed by atoms with Crippen LogP contribution in [0.4, 0.5) is 5.69 Å². The predicted octanol–water partition coefficient (Wildman–Crippen LogP) is 2.12. The summed E-state index contributed by atoms with van der Waals surface area (Å²) in [5.41, 5.74) is 2.11. The van der Waals surface area contributed by atoms with Crippen LogP contribution in [0.3, 0.4) is 0 Å². The number of aliphatic hydroxyl groups excluding tert-OH is 1. The summed E-state index contributed by atoms with van der Waals surface area (Å²) in [6.45, 7) is 4.70. The molecule has 0 unspecified atom stereocenters. The van der Waals surface area contributed by atoms with Crippen molar-refractivity contribution in [2.75, 3.05) is 18.1 Å². The van der Waals surface area contributed by atoms with Crippen molar-refractivity contribution in [1.82, 2.24) is 0 Å². The average Bonchev–Trinajstić information content (AvgIpc) is 2.30. The van der Waals surface area contributed by atoms with Crippen LogP contribution < -0.4 is 4.90 Å². The van der Waals surface area contributed by atoms with Crippen LogP contribution in [0, 0.1) is 6.92 Å². The SMILES string of the molecule is CCN(C(=O)CCCO)c1ccc(C)cc1. The third kappa shape index (κ3) is 3.35. The second kappa shape index (κ2) is 6.28. The fourth-order valence-corrected chi connectivity index (χ4v) is 1.59. The van der Waals surface area contributed by atoms with Crippen molar-refractivity contribution in [3.8, 4) is 0 Å². The maximum absolute atomic E-state index is 11.8. The van der Waals surface area contributed by atoms with Crippen molar-refractivity contribution < 1.29 is 9.90 Å². The first-order valence-electron chi connectivity index (χ1n) is 5.67. The molecule has 0 saturated heterocycles. The van der Waals surface area contributed by atoms with Crippen LogP contribution in [-0.4, -0.2) is 24.2 Å². The van der Waals surface area contributed by atoms with Gasteiger partial charge in [0.15, 0.2) is 0 Å². The average molecular weight is 221 g/mol. The topological polar surface area (TPSA) is 40.5 Å². The number of hydrogen-bond acceptors (Lipinski definition) is 2. The van der Waals surface area contributed by atoms with Gasteiger partial charge in [-0.1, -0.05) is 17.7 Å². The normalized spacial score (nSPS) is 10.2. The Morgan fingerprint density at radius 3 is 2.44 bits per heavy atom. The summed E-state index contributed by atoms with van der Waals surface area (Å²) >= 11 is 0. The number of amides is 1. The quantitative estimate of drug-likeness (QED) is 0.827. The second-order valence-electron chi connectivity index (χ2n) is 3.80. The molecule has 1 aromatic carbocycles. The molecule has 0 fully saturated rings. The Labute approximate surface area is 96.7 Å². The Morgan fingerprint density at radius 2 is 1.94 bits per heavy atom. The summed E-state index contributed by atoms with van der Waals surface area (Å²) in [5.74, 6) is 0.0698. The first kappa shape index (κ1) is 12.7. The number of aliphatic hydroxyl groups is 1. The molecule has 0 spiro atoms. The first-order chi connectivity index (χ1) is 7.69. The third-order valence-corrected chi connectivity index (χ3v) is 2.51. The third-order valence-electron chi connectivity index (χ3n) is 2.51. The minimum absolute atomic E-state index is 0.0667. The molecule has 0 aliphatic rings. The molecule has 0 heterocycles. The van der Waals surface area contributed by atoms with E-state index in [1.807, 2.05) is 38.1 Å². The zero-order valence-corrected chi connectivity index (χ0v) is 9.94. The van der Waals surface area contributed by atoms with E-state index in [1.54, 1.807) is 4.90 Å². The van der Waals surface area contributed by atoms with Gasteiger partial charge in [-0.15, -0.1) is 0 Å². The standard InChI is InChI=1S/C13H19NO2/c1-3-14(13(16)5-4-10-15)12-8-6-11(2)7-9-12/h6-9,15H,3-5,10H2,1-2H3. The van der Waals surface area contributed by atoms with Gasteiger partial charge < -0.3 is 10.0 Å². The molecule has 0 saturated carbocycles. The highest BCUT2D eigenvalue weighted by Crippen LogP contribution is 2.16. The van der Waals surface area contributed by atoms with Crippen molar-refractivity contribution in [2.24, 2.45) is 0 Å². The van der Waals surface area contributed by atoms with E-state index >= 15 is 0 Å². The Balaban J connectivity index is 2.73. The fraction of sp³-hybridized carbons (Fsp3) is 0.462. The minimum atomic E-state index is 0.0667. The molecule has 16 heavy (non-hydrogen) atoms. The Kier molecular flexibility index (Phi) is 4.99. The Hall–Kier alpha value is -1.35. The van der Waals surface area contributed by atoms with Crippen molar-refractivity contribution >= 4 is 11.6 Å². The number of hydrogen-bond donors (Lipinski definition) is 1. The van der Waals surface area contributed by atoms with E-state index in [4.69, 9.17) is 5.11 Å². The van der Waals surface area contributed by atoms with E-state index in [9.17, 15) is 4.79 Å². The van der Waals surface area contributed by atoms with Crippen LogP contribution in [-0.2, 0) is 4.79 Å². The maximum atomic E-state index is 11.8. The molecule has 3 heteroatoms. The molecule has 0 aromatic heterocycles. The minimum Gasteiger partial charge on any atom is -0.396 e. The van der Waals surface area contributed by atoms with Gasteiger partial charge in [0.2, 0.25) is 5.91 Å². The zero-order valence-electron chi connectivity index (χ0n) is 9.94. The van der Waals surface area contributed by atoms with Gasteiger partial charge in [-0.25, -0.2) is 0 Å². The predicted molar refractivity (Wildman–Crippen MR) is 65.5 cm³/mol. The summed E-state index contributed by atoms with van der Waals surface area (Å²) < 4.78 is 0. The van der Waals surface area contributed by atoms with Crippen molar-refractivity contribution in [2.45, 2.75) is 26.7 Å². The summed E-state index contributed by atoms with van der Waals surface area (Å²) in [7, 11) is 0. The molecule has 1 aromatic rings.